The SMILES string of the molecule is O=[N+]([O-])c1cc(OCC(F)(F)F)cc(Br)c1O. The topological polar surface area (TPSA) is 72.6 Å². The van der Waals surface area contributed by atoms with E-state index in [0.29, 0.717) is 6.07 Å². The van der Waals surface area contributed by atoms with Crippen molar-refractivity contribution < 1.29 is 27.9 Å². The molecule has 1 rings (SSSR count). The number of alkyl halides is 3. The lowest BCUT2D eigenvalue weighted by Crippen LogP contribution is -2.19. The molecule has 0 saturated carbocycles. The Hall–Kier alpha value is -1.51. The minimum absolute atomic E-state index is 0.121. The van der Waals surface area contributed by atoms with Gasteiger partial charge in [-0.15, -0.1) is 0 Å². The minimum Gasteiger partial charge on any atom is -0.501 e. The summed E-state index contributed by atoms with van der Waals surface area (Å²) in [5.74, 6) is -1.03. The monoisotopic (exact) mass is 315 g/mol. The van der Waals surface area contributed by atoms with E-state index in [2.05, 4.69) is 20.7 Å². The summed E-state index contributed by atoms with van der Waals surface area (Å²) in [7, 11) is 0. The van der Waals surface area contributed by atoms with Crippen molar-refractivity contribution in [3.63, 3.8) is 0 Å². The highest BCUT2D eigenvalue weighted by Gasteiger charge is 2.29. The van der Waals surface area contributed by atoms with E-state index < -0.39 is 29.1 Å². The van der Waals surface area contributed by atoms with Crippen LogP contribution in [0.2, 0.25) is 0 Å². The van der Waals surface area contributed by atoms with Crippen LogP contribution in [0.1, 0.15) is 0 Å². The molecule has 1 N–H and O–H groups in total. The Kier molecular flexibility index (Phi) is 3.81. The molecule has 1 aromatic rings. The molecule has 0 radical (unpaired) electrons. The third-order valence-corrected chi connectivity index (χ3v) is 2.22. The van der Waals surface area contributed by atoms with E-state index in [9.17, 15) is 28.4 Å². The number of aromatic hydroxyl groups is 1. The fraction of sp³-hybridized carbons (Fsp3) is 0.250. The van der Waals surface area contributed by atoms with Gasteiger partial charge in [0.2, 0.25) is 5.75 Å². The van der Waals surface area contributed by atoms with Crippen LogP contribution in [0.3, 0.4) is 0 Å². The van der Waals surface area contributed by atoms with Crippen LogP contribution in [0, 0.1) is 10.1 Å². The van der Waals surface area contributed by atoms with E-state index in [1.165, 1.54) is 0 Å². The van der Waals surface area contributed by atoms with E-state index in [-0.39, 0.29) is 10.2 Å². The summed E-state index contributed by atoms with van der Waals surface area (Å²) in [5.41, 5.74) is -0.739. The lowest BCUT2D eigenvalue weighted by molar-refractivity contribution is -0.386. The molecule has 0 aliphatic heterocycles. The highest BCUT2D eigenvalue weighted by molar-refractivity contribution is 9.10. The second-order valence-electron chi connectivity index (χ2n) is 2.93. The molecule has 5 nitrogen and oxygen atoms in total. The number of phenolic OH excluding ortho intramolecular Hbond substituents is 1. The Bertz CT molecular complexity index is 449. The van der Waals surface area contributed by atoms with Crippen LogP contribution in [0.4, 0.5) is 18.9 Å². The smallest absolute Gasteiger partial charge is 0.422 e. The van der Waals surface area contributed by atoms with E-state index in [4.69, 9.17) is 0 Å². The molecule has 94 valence electrons. The van der Waals surface area contributed by atoms with Gasteiger partial charge in [0.05, 0.1) is 15.5 Å². The Morgan fingerprint density at radius 3 is 2.53 bits per heavy atom. The van der Waals surface area contributed by atoms with Crippen molar-refractivity contribution in [2.75, 3.05) is 6.61 Å². The first kappa shape index (κ1) is 13.6. The van der Waals surface area contributed by atoms with Gasteiger partial charge in [0.25, 0.3) is 0 Å². The predicted octanol–water partition coefficient (Wildman–Crippen LogP) is 3.00. The predicted molar refractivity (Wildman–Crippen MR) is 54.0 cm³/mol. The molecule has 0 amide bonds. The Balaban J connectivity index is 2.99. The lowest BCUT2D eigenvalue weighted by Gasteiger charge is -2.09. The molecular weight excluding hydrogens is 311 g/mol. The molecule has 0 saturated heterocycles. The van der Waals surface area contributed by atoms with Gasteiger partial charge < -0.3 is 9.84 Å². The molecule has 0 aliphatic rings. The van der Waals surface area contributed by atoms with Crippen molar-refractivity contribution in [1.82, 2.24) is 0 Å². The zero-order valence-electron chi connectivity index (χ0n) is 7.99. The van der Waals surface area contributed by atoms with Gasteiger partial charge in [-0.25, -0.2) is 0 Å². The maximum absolute atomic E-state index is 11.9. The summed E-state index contributed by atoms with van der Waals surface area (Å²) in [4.78, 5) is 9.54. The van der Waals surface area contributed by atoms with Crippen molar-refractivity contribution in [2.45, 2.75) is 6.18 Å². The van der Waals surface area contributed by atoms with Crippen LogP contribution in [0.5, 0.6) is 11.5 Å². The van der Waals surface area contributed by atoms with Gasteiger partial charge in [-0.3, -0.25) is 10.1 Å². The minimum atomic E-state index is -4.54. The number of halogens is 4. The highest BCUT2D eigenvalue weighted by Crippen LogP contribution is 2.38. The van der Waals surface area contributed by atoms with E-state index in [1.807, 2.05) is 0 Å². The van der Waals surface area contributed by atoms with Crippen LogP contribution in [0.25, 0.3) is 0 Å². The number of benzene rings is 1. The Morgan fingerprint density at radius 1 is 1.47 bits per heavy atom. The van der Waals surface area contributed by atoms with Crippen LogP contribution < -0.4 is 4.74 Å². The number of hydrogen-bond acceptors (Lipinski definition) is 4. The number of nitro groups is 1. The molecule has 0 unspecified atom stereocenters. The normalized spacial score (nSPS) is 11.3. The number of phenols is 1. The number of hydrogen-bond donors (Lipinski definition) is 1. The molecule has 0 fully saturated rings. The van der Waals surface area contributed by atoms with Crippen molar-refractivity contribution >= 4 is 21.6 Å². The second-order valence-corrected chi connectivity index (χ2v) is 3.79. The number of ether oxygens (including phenoxy) is 1. The first-order valence-corrected chi connectivity index (χ1v) is 4.86. The van der Waals surface area contributed by atoms with E-state index in [0.717, 1.165) is 6.07 Å². The zero-order chi connectivity index (χ0) is 13.2. The molecule has 9 heteroatoms. The highest BCUT2D eigenvalue weighted by atomic mass is 79.9. The van der Waals surface area contributed by atoms with Gasteiger partial charge in [-0.05, 0) is 22.0 Å². The first-order chi connectivity index (χ1) is 7.70. The molecule has 0 aliphatic carbocycles. The van der Waals surface area contributed by atoms with E-state index in [1.54, 1.807) is 0 Å². The molecular formula is C8H5BrF3NO4. The third-order valence-electron chi connectivity index (χ3n) is 1.62. The van der Waals surface area contributed by atoms with Gasteiger partial charge in [-0.1, -0.05) is 0 Å². The van der Waals surface area contributed by atoms with Crippen molar-refractivity contribution in [3.8, 4) is 11.5 Å². The van der Waals surface area contributed by atoms with E-state index >= 15 is 0 Å². The number of rotatable bonds is 3. The third kappa shape index (κ3) is 3.77. The molecule has 1 aromatic carbocycles. The lowest BCUT2D eigenvalue weighted by atomic mass is 10.3. The maximum atomic E-state index is 11.9. The summed E-state index contributed by atoms with van der Waals surface area (Å²) in [5, 5.41) is 19.7. The standard InChI is InChI=1S/C8H5BrF3NO4/c9-5-1-4(17-3-8(10,11)12)2-6(7(5)14)13(15)16/h1-2,14H,3H2. The average Bonchev–Trinajstić information content (AvgIpc) is 2.18. The summed E-state index contributed by atoms with van der Waals surface area (Å²) < 4.78 is 39.8. The molecule has 0 spiro atoms. The maximum Gasteiger partial charge on any atom is 0.422 e. The summed E-state index contributed by atoms with van der Waals surface area (Å²) in [6, 6.07) is 1.72. The molecule has 0 aromatic heterocycles. The van der Waals surface area contributed by atoms with Gasteiger partial charge in [-0.2, -0.15) is 13.2 Å². The van der Waals surface area contributed by atoms with Gasteiger partial charge >= 0.3 is 11.9 Å². The van der Waals surface area contributed by atoms with Gasteiger partial charge in [0, 0.05) is 0 Å². The molecule has 0 heterocycles. The summed E-state index contributed by atoms with van der Waals surface area (Å²) in [6.07, 6.45) is -4.54. The van der Waals surface area contributed by atoms with Crippen molar-refractivity contribution in [2.24, 2.45) is 0 Å². The first-order valence-electron chi connectivity index (χ1n) is 4.07. The van der Waals surface area contributed by atoms with Crippen LogP contribution in [0.15, 0.2) is 16.6 Å². The van der Waals surface area contributed by atoms with Crippen LogP contribution in [-0.2, 0) is 0 Å². The van der Waals surface area contributed by atoms with Gasteiger partial charge in [0.1, 0.15) is 5.75 Å². The second kappa shape index (κ2) is 4.78. The molecule has 0 bridgehead atoms. The largest absolute Gasteiger partial charge is 0.501 e. The van der Waals surface area contributed by atoms with Gasteiger partial charge in [0.15, 0.2) is 6.61 Å². The fourth-order valence-electron chi connectivity index (χ4n) is 0.948. The quantitative estimate of drug-likeness (QED) is 0.687. The number of nitrogens with zero attached hydrogens (tertiary/aromatic N) is 1. The van der Waals surface area contributed by atoms with Crippen LogP contribution in [-0.4, -0.2) is 22.8 Å². The molecule has 0 atom stereocenters. The van der Waals surface area contributed by atoms with Crippen LogP contribution >= 0.6 is 15.9 Å². The zero-order valence-corrected chi connectivity index (χ0v) is 9.58. The summed E-state index contributed by atoms with van der Waals surface area (Å²) in [6.45, 7) is -1.57. The fourth-order valence-corrected chi connectivity index (χ4v) is 1.38. The van der Waals surface area contributed by atoms with Crippen molar-refractivity contribution in [1.29, 1.82) is 0 Å². The Labute approximate surface area is 101 Å². The van der Waals surface area contributed by atoms with Crippen molar-refractivity contribution in [3.05, 3.63) is 26.7 Å². The summed E-state index contributed by atoms with van der Waals surface area (Å²) >= 11 is 2.77. The molecule has 17 heavy (non-hydrogen) atoms. The average molecular weight is 316 g/mol. The number of nitro benzene ring substituents is 1. The Morgan fingerprint density at radius 2 is 2.06 bits per heavy atom.